The van der Waals surface area contributed by atoms with E-state index in [0.29, 0.717) is 25.5 Å². The Morgan fingerprint density at radius 1 is 1.17 bits per heavy atom. The Balaban J connectivity index is 1.92. The first-order valence-electron chi connectivity index (χ1n) is 7.79. The number of aromatic nitrogens is 3. The van der Waals surface area contributed by atoms with Crippen LogP contribution < -0.4 is 4.90 Å². The van der Waals surface area contributed by atoms with Gasteiger partial charge in [-0.25, -0.2) is 9.97 Å². The van der Waals surface area contributed by atoms with Crippen molar-refractivity contribution < 1.29 is 9.15 Å². The minimum absolute atomic E-state index is 0.600. The van der Waals surface area contributed by atoms with E-state index in [1.165, 1.54) is 0 Å². The fraction of sp³-hybridized carbons (Fsp3) is 0.278. The SMILES string of the molecule is COCCN(Cc1ccco1)c1cc(C)nc(-c2ccccn2)n1. The predicted molar refractivity (Wildman–Crippen MR) is 91.6 cm³/mol. The Labute approximate surface area is 141 Å². The van der Waals surface area contributed by atoms with Gasteiger partial charge in [-0.3, -0.25) is 4.98 Å². The number of furan rings is 1. The lowest BCUT2D eigenvalue weighted by Crippen LogP contribution is -2.27. The minimum atomic E-state index is 0.600. The van der Waals surface area contributed by atoms with Gasteiger partial charge in [-0.05, 0) is 31.2 Å². The largest absolute Gasteiger partial charge is 0.467 e. The molecule has 0 fully saturated rings. The van der Waals surface area contributed by atoms with Gasteiger partial charge in [0.2, 0.25) is 0 Å². The van der Waals surface area contributed by atoms with Crippen LogP contribution in [0.15, 0.2) is 53.3 Å². The summed E-state index contributed by atoms with van der Waals surface area (Å²) in [7, 11) is 1.69. The maximum absolute atomic E-state index is 5.47. The molecular formula is C18H20N4O2. The van der Waals surface area contributed by atoms with E-state index in [-0.39, 0.29) is 0 Å². The molecule has 0 N–H and O–H groups in total. The number of nitrogens with zero attached hydrogens (tertiary/aromatic N) is 4. The van der Waals surface area contributed by atoms with Crippen LogP contribution in [0, 0.1) is 6.92 Å². The quantitative estimate of drug-likeness (QED) is 0.665. The van der Waals surface area contributed by atoms with Crippen molar-refractivity contribution >= 4 is 5.82 Å². The van der Waals surface area contributed by atoms with Gasteiger partial charge >= 0.3 is 0 Å². The van der Waals surface area contributed by atoms with Crippen molar-refractivity contribution in [2.24, 2.45) is 0 Å². The van der Waals surface area contributed by atoms with Crippen molar-refractivity contribution in [3.05, 3.63) is 60.3 Å². The summed E-state index contributed by atoms with van der Waals surface area (Å²) in [4.78, 5) is 15.7. The number of ether oxygens (including phenoxy) is 1. The Morgan fingerprint density at radius 3 is 2.79 bits per heavy atom. The van der Waals surface area contributed by atoms with Gasteiger partial charge in [0.15, 0.2) is 5.82 Å². The summed E-state index contributed by atoms with van der Waals surface area (Å²) < 4.78 is 10.7. The van der Waals surface area contributed by atoms with E-state index in [0.717, 1.165) is 23.0 Å². The van der Waals surface area contributed by atoms with Crippen molar-refractivity contribution in [2.45, 2.75) is 13.5 Å². The van der Waals surface area contributed by atoms with E-state index in [9.17, 15) is 0 Å². The Hall–Kier alpha value is -2.73. The molecule has 124 valence electrons. The lowest BCUT2D eigenvalue weighted by Gasteiger charge is -2.23. The fourth-order valence-electron chi connectivity index (χ4n) is 2.39. The van der Waals surface area contributed by atoms with Crippen LogP contribution >= 0.6 is 0 Å². The van der Waals surface area contributed by atoms with Crippen LogP contribution in [0.4, 0.5) is 5.82 Å². The smallest absolute Gasteiger partial charge is 0.180 e. The second kappa shape index (κ2) is 7.70. The van der Waals surface area contributed by atoms with Crippen LogP contribution in [0.2, 0.25) is 0 Å². The summed E-state index contributed by atoms with van der Waals surface area (Å²) in [6, 6.07) is 11.5. The molecule has 3 aromatic rings. The first-order valence-corrected chi connectivity index (χ1v) is 7.79. The van der Waals surface area contributed by atoms with Gasteiger partial charge in [0.1, 0.15) is 17.3 Å². The van der Waals surface area contributed by atoms with Crippen LogP contribution in [0.1, 0.15) is 11.5 Å². The third-order valence-corrected chi connectivity index (χ3v) is 3.55. The summed E-state index contributed by atoms with van der Waals surface area (Å²) >= 11 is 0. The number of aryl methyl sites for hydroxylation is 1. The number of hydrogen-bond acceptors (Lipinski definition) is 6. The van der Waals surface area contributed by atoms with Gasteiger partial charge in [-0.15, -0.1) is 0 Å². The van der Waals surface area contributed by atoms with Crippen LogP contribution in [-0.2, 0) is 11.3 Å². The molecule has 0 atom stereocenters. The highest BCUT2D eigenvalue weighted by Gasteiger charge is 2.14. The molecule has 0 aromatic carbocycles. The maximum Gasteiger partial charge on any atom is 0.180 e. The van der Waals surface area contributed by atoms with E-state index < -0.39 is 0 Å². The number of pyridine rings is 1. The molecule has 3 rings (SSSR count). The van der Waals surface area contributed by atoms with Crippen molar-refractivity contribution in [2.75, 3.05) is 25.2 Å². The molecule has 0 unspecified atom stereocenters. The maximum atomic E-state index is 5.47. The summed E-state index contributed by atoms with van der Waals surface area (Å²) in [5.41, 5.74) is 1.65. The highest BCUT2D eigenvalue weighted by atomic mass is 16.5. The molecule has 24 heavy (non-hydrogen) atoms. The molecule has 0 bridgehead atoms. The Bertz CT molecular complexity index is 760. The van der Waals surface area contributed by atoms with Crippen LogP contribution in [0.25, 0.3) is 11.5 Å². The third-order valence-electron chi connectivity index (χ3n) is 3.55. The number of methoxy groups -OCH3 is 1. The minimum Gasteiger partial charge on any atom is -0.467 e. The van der Waals surface area contributed by atoms with E-state index in [1.54, 1.807) is 19.6 Å². The molecule has 0 aliphatic carbocycles. The average Bonchev–Trinajstić information content (AvgIpc) is 3.12. The van der Waals surface area contributed by atoms with Crippen molar-refractivity contribution in [1.82, 2.24) is 15.0 Å². The number of rotatable bonds is 7. The summed E-state index contributed by atoms with van der Waals surface area (Å²) in [5, 5.41) is 0. The zero-order chi connectivity index (χ0) is 16.8. The van der Waals surface area contributed by atoms with Crippen LogP contribution in [0.3, 0.4) is 0 Å². The molecule has 6 heteroatoms. The molecule has 6 nitrogen and oxygen atoms in total. The molecule has 0 saturated carbocycles. The predicted octanol–water partition coefficient (Wildman–Crippen LogP) is 3.09. The van der Waals surface area contributed by atoms with Gasteiger partial charge in [0.05, 0.1) is 19.4 Å². The Morgan fingerprint density at radius 2 is 2.08 bits per heavy atom. The van der Waals surface area contributed by atoms with Gasteiger partial charge in [-0.2, -0.15) is 0 Å². The van der Waals surface area contributed by atoms with Crippen molar-refractivity contribution in [3.63, 3.8) is 0 Å². The molecule has 0 spiro atoms. The fourth-order valence-corrected chi connectivity index (χ4v) is 2.39. The first kappa shape index (κ1) is 16.1. The average molecular weight is 324 g/mol. The standard InChI is InChI=1S/C18H20N4O2/c1-14-12-17(21-18(20-14)16-7-3-4-8-19-16)22(9-11-23-2)13-15-6-5-10-24-15/h3-8,10,12H,9,11,13H2,1-2H3. The second-order valence-corrected chi connectivity index (χ2v) is 5.40. The van der Waals surface area contributed by atoms with Gasteiger partial charge in [-0.1, -0.05) is 6.07 Å². The first-order chi connectivity index (χ1) is 11.8. The number of hydrogen-bond donors (Lipinski definition) is 0. The third kappa shape index (κ3) is 3.97. The lowest BCUT2D eigenvalue weighted by atomic mass is 10.3. The van der Waals surface area contributed by atoms with Gasteiger partial charge < -0.3 is 14.1 Å². The highest BCUT2D eigenvalue weighted by Crippen LogP contribution is 2.20. The molecule has 0 saturated heterocycles. The van der Waals surface area contributed by atoms with E-state index in [4.69, 9.17) is 14.1 Å². The van der Waals surface area contributed by atoms with Gasteiger partial charge in [0, 0.05) is 31.6 Å². The zero-order valence-corrected chi connectivity index (χ0v) is 13.8. The summed E-state index contributed by atoms with van der Waals surface area (Å²) in [6.07, 6.45) is 3.42. The second-order valence-electron chi connectivity index (χ2n) is 5.40. The van der Waals surface area contributed by atoms with E-state index in [1.807, 2.05) is 43.3 Å². The molecule has 3 aromatic heterocycles. The van der Waals surface area contributed by atoms with Crippen molar-refractivity contribution in [1.29, 1.82) is 0 Å². The molecule has 0 amide bonds. The summed E-state index contributed by atoms with van der Waals surface area (Å²) in [6.45, 7) is 3.88. The van der Waals surface area contributed by atoms with Gasteiger partial charge in [0.25, 0.3) is 0 Å². The topological polar surface area (TPSA) is 64.3 Å². The lowest BCUT2D eigenvalue weighted by molar-refractivity contribution is 0.204. The molecule has 0 aliphatic heterocycles. The monoisotopic (exact) mass is 324 g/mol. The zero-order valence-electron chi connectivity index (χ0n) is 13.8. The highest BCUT2D eigenvalue weighted by molar-refractivity contribution is 5.53. The van der Waals surface area contributed by atoms with E-state index in [2.05, 4.69) is 14.9 Å². The molecule has 0 aliphatic rings. The summed E-state index contributed by atoms with van der Waals surface area (Å²) in [5.74, 6) is 2.32. The molecule has 3 heterocycles. The molecule has 0 radical (unpaired) electrons. The Kier molecular flexibility index (Phi) is 5.18. The van der Waals surface area contributed by atoms with Crippen LogP contribution in [-0.4, -0.2) is 35.2 Å². The van der Waals surface area contributed by atoms with E-state index >= 15 is 0 Å². The normalized spacial score (nSPS) is 10.8. The molecular weight excluding hydrogens is 304 g/mol. The number of anilines is 1. The van der Waals surface area contributed by atoms with Crippen LogP contribution in [0.5, 0.6) is 0 Å². The van der Waals surface area contributed by atoms with Crippen molar-refractivity contribution in [3.8, 4) is 11.5 Å².